The van der Waals surface area contributed by atoms with Crippen LogP contribution in [-0.2, 0) is 116 Å². The number of carbonyl (C=O) groups excluding carboxylic acids is 14. The lowest BCUT2D eigenvalue weighted by Gasteiger charge is -2.36. The number of rotatable bonds is 35. The molecular weight excluding hydrogens is 1520 g/mol. The van der Waals surface area contributed by atoms with E-state index in [-0.39, 0.29) is 97.1 Å². The second-order valence-electron chi connectivity index (χ2n) is 38.3. The van der Waals surface area contributed by atoms with Crippen LogP contribution in [0.2, 0.25) is 0 Å². The first kappa shape index (κ1) is 105. The summed E-state index contributed by atoms with van der Waals surface area (Å²) in [7, 11) is 0. The average molecular weight is 1660 g/mol. The Balaban J connectivity index is 3.09. The average Bonchev–Trinajstić information content (AvgIpc) is 0.844. The fourth-order valence-electron chi connectivity index (χ4n) is 11.9. The third-order valence-electron chi connectivity index (χ3n) is 16.3. The fraction of sp³-hybridized carbons (Fsp3) is 0.765. The molecule has 3 atom stereocenters. The molecule has 1 aromatic rings. The molecule has 0 saturated carbocycles. The van der Waals surface area contributed by atoms with Crippen LogP contribution in [0.1, 0.15) is 257 Å². The lowest BCUT2D eigenvalue weighted by atomic mass is 10.1. The monoisotopic (exact) mass is 1660 g/mol. The van der Waals surface area contributed by atoms with E-state index in [2.05, 4.69) is 5.32 Å². The van der Waals surface area contributed by atoms with Gasteiger partial charge in [0.25, 0.3) is 0 Å². The minimum absolute atomic E-state index is 0.0364. The van der Waals surface area contributed by atoms with Crippen molar-refractivity contribution in [3.8, 4) is 0 Å². The number of amides is 5. The van der Waals surface area contributed by atoms with E-state index in [9.17, 15) is 52.7 Å². The summed E-state index contributed by atoms with van der Waals surface area (Å²) in [5, 5.41) is 2.73. The van der Waals surface area contributed by atoms with Gasteiger partial charge in [0.15, 0.2) is 0 Å². The van der Waals surface area contributed by atoms with Gasteiger partial charge in [-0.05, 0) is 225 Å². The predicted molar refractivity (Wildman–Crippen MR) is 436 cm³/mol. The molecule has 1 aromatic carbocycles. The van der Waals surface area contributed by atoms with E-state index in [1.807, 2.05) is 30.3 Å². The molecule has 0 aliphatic carbocycles. The molecule has 0 radical (unpaired) electrons. The molecule has 5 amide bonds. The van der Waals surface area contributed by atoms with Gasteiger partial charge in [-0.1, -0.05) is 36.8 Å². The summed E-state index contributed by atoms with van der Waals surface area (Å²) < 4.78 is 57.2. The molecule has 2 rings (SSSR count). The van der Waals surface area contributed by atoms with Crippen molar-refractivity contribution < 1.29 is 114 Å². The fourth-order valence-corrected chi connectivity index (χ4v) is 11.9. The van der Waals surface area contributed by atoms with E-state index >= 15 is 14.4 Å². The highest BCUT2D eigenvalue weighted by Crippen LogP contribution is 2.25. The smallest absolute Gasteiger partial charge is 0.407 e. The number of nitrogens with one attached hydrogen (secondary N) is 1. The van der Waals surface area contributed by atoms with Crippen molar-refractivity contribution >= 4 is 83.4 Å². The van der Waals surface area contributed by atoms with Crippen LogP contribution in [0.15, 0.2) is 30.3 Å². The molecule has 1 saturated heterocycles. The van der Waals surface area contributed by atoms with Crippen LogP contribution in [0.25, 0.3) is 0 Å². The SMILES string of the molecule is CC(C)(C)OC(=O)CN(CC(=O)OC(C)(C)C)[C@@H](CCC(=O)N1CCN(C(=O)CCCCCNC(=O)OCc2ccccc2)CCN(C(=O)CC[C@@H](C(=O)OC(C)(C)C)N(CC(=O)OC(C)(C)C)CC(=O)OC(C)(C)C)CCN(C(=O)CC[C@@H](C(=O)OC(C)(C)C)N(CC(=O)OC(C)(C)C)CC(=O)OC(C)(C)C)CC1)C(=O)OC(C)(C)C. The van der Waals surface area contributed by atoms with Crippen LogP contribution in [0.5, 0.6) is 0 Å². The molecule has 1 aliphatic heterocycles. The summed E-state index contributed by atoms with van der Waals surface area (Å²) in [5.41, 5.74) is -8.59. The first-order valence-corrected chi connectivity index (χ1v) is 40.6. The molecule has 1 fully saturated rings. The Morgan fingerprint density at radius 2 is 0.530 bits per heavy atom. The van der Waals surface area contributed by atoms with Crippen LogP contribution in [0.3, 0.4) is 0 Å². The highest BCUT2D eigenvalue weighted by Gasteiger charge is 2.41. The van der Waals surface area contributed by atoms with Gasteiger partial charge in [0.05, 0.1) is 39.3 Å². The van der Waals surface area contributed by atoms with E-state index in [1.165, 1.54) is 34.3 Å². The first-order valence-electron chi connectivity index (χ1n) is 40.6. The summed E-state index contributed by atoms with van der Waals surface area (Å²) in [6, 6.07) is 4.73. The molecule has 117 heavy (non-hydrogen) atoms. The van der Waals surface area contributed by atoms with Crippen molar-refractivity contribution in [2.45, 2.75) is 326 Å². The van der Waals surface area contributed by atoms with Crippen LogP contribution in [-0.4, -0.2) is 284 Å². The van der Waals surface area contributed by atoms with Gasteiger partial charge < -0.3 is 72.3 Å². The molecule has 0 aromatic heterocycles. The van der Waals surface area contributed by atoms with Crippen LogP contribution in [0, 0.1) is 0 Å². The summed E-state index contributed by atoms with van der Waals surface area (Å²) >= 11 is 0. The molecule has 0 bridgehead atoms. The normalized spacial score (nSPS) is 14.8. The Morgan fingerprint density at radius 1 is 0.308 bits per heavy atom. The van der Waals surface area contributed by atoms with E-state index < -0.39 is 205 Å². The maximum Gasteiger partial charge on any atom is 0.407 e. The second kappa shape index (κ2) is 46.2. The number of benzene rings is 1. The van der Waals surface area contributed by atoms with Gasteiger partial charge in [0, 0.05) is 84.6 Å². The van der Waals surface area contributed by atoms with E-state index in [0.717, 1.165) is 5.56 Å². The van der Waals surface area contributed by atoms with Gasteiger partial charge in [-0.2, -0.15) is 0 Å². The van der Waals surface area contributed by atoms with Gasteiger partial charge in [-0.15, -0.1) is 0 Å². The van der Waals surface area contributed by atoms with Gasteiger partial charge >= 0.3 is 59.8 Å². The Bertz CT molecular complexity index is 3230. The molecule has 32 nitrogen and oxygen atoms in total. The van der Waals surface area contributed by atoms with Crippen molar-refractivity contribution in [2.75, 3.05) is 98.2 Å². The molecule has 32 heteroatoms. The summed E-state index contributed by atoms with van der Waals surface area (Å²) in [5.74, 6) is -9.81. The standard InChI is InChI=1S/C85H142N8O24/c1-77(2,3)109-67(98)52-91(53-68(99)110-78(4,5)6)60(73(104)115-83(19,20)21)37-40-64(95)88-46-44-87(63(94)36-32-29-33-43-86-76(107)108-58-59-34-30-28-31-35-59)45-47-89(65(96)41-38-61(74(105)116-84(22,23)24)92(54-69(100)111-79(7,8)9)55-70(101)112-80(10,11)12)49-51-90(50-48-88)66(97)42-39-62(75(106)117-85(25,26)27)93(56-71(102)113-81(13,14)15)57-72(103)114-82(16,17)18/h28,30-31,34-35,60-62H,29,32-33,36-58H2,1-27H3,(H,86,107)/t60-,61-,62-/m0/s1. The maximum atomic E-state index is 15.5. The molecule has 1 aliphatic rings. The van der Waals surface area contributed by atoms with Crippen LogP contribution in [0.4, 0.5) is 4.79 Å². The zero-order valence-corrected chi connectivity index (χ0v) is 75.4. The number of carbonyl (C=O) groups is 14. The van der Waals surface area contributed by atoms with Crippen LogP contribution < -0.4 is 5.32 Å². The number of esters is 9. The minimum Gasteiger partial charge on any atom is -0.459 e. The molecule has 1 heterocycles. The maximum absolute atomic E-state index is 15.5. The van der Waals surface area contributed by atoms with Gasteiger partial charge in [0.1, 0.15) is 75.1 Å². The summed E-state index contributed by atoms with van der Waals surface area (Å²) in [4.78, 5) is 210. The number of alkyl carbamates (subject to hydrolysis) is 1. The van der Waals surface area contributed by atoms with Crippen molar-refractivity contribution in [3.63, 3.8) is 0 Å². The highest BCUT2D eigenvalue weighted by molar-refractivity contribution is 5.86. The Kier molecular flexibility index (Phi) is 41.2. The lowest BCUT2D eigenvalue weighted by molar-refractivity contribution is -0.171. The van der Waals surface area contributed by atoms with Crippen molar-refractivity contribution in [2.24, 2.45) is 0 Å². The van der Waals surface area contributed by atoms with Gasteiger partial charge in [-0.25, -0.2) is 4.79 Å². The summed E-state index contributed by atoms with van der Waals surface area (Å²) in [6.45, 7) is 38.8. The topological polar surface area (TPSA) is 366 Å². The van der Waals surface area contributed by atoms with Crippen LogP contribution >= 0.6 is 0 Å². The quantitative estimate of drug-likeness (QED) is 0.0375. The van der Waals surface area contributed by atoms with Crippen molar-refractivity contribution in [3.05, 3.63) is 35.9 Å². The third-order valence-corrected chi connectivity index (χ3v) is 16.3. The first-order chi connectivity index (χ1) is 53.3. The van der Waals surface area contributed by atoms with E-state index in [4.69, 9.17) is 47.4 Å². The predicted octanol–water partition coefficient (Wildman–Crippen LogP) is 9.23. The Labute approximate surface area is 695 Å². The number of nitrogens with zero attached hydrogens (tertiary/aromatic N) is 7. The van der Waals surface area contributed by atoms with Crippen molar-refractivity contribution in [1.82, 2.24) is 39.6 Å². The van der Waals surface area contributed by atoms with Crippen molar-refractivity contribution in [1.29, 1.82) is 0 Å². The van der Waals surface area contributed by atoms with Gasteiger partial charge in [-0.3, -0.25) is 77.0 Å². The van der Waals surface area contributed by atoms with E-state index in [1.54, 1.807) is 187 Å². The van der Waals surface area contributed by atoms with E-state index in [0.29, 0.717) is 19.3 Å². The number of hydrogen-bond acceptors (Lipinski definition) is 27. The van der Waals surface area contributed by atoms with Gasteiger partial charge in [0.2, 0.25) is 23.6 Å². The number of unbranched alkanes of at least 4 members (excludes halogenated alkanes) is 2. The lowest BCUT2D eigenvalue weighted by Crippen LogP contribution is -2.52. The molecule has 0 unspecified atom stereocenters. The summed E-state index contributed by atoms with van der Waals surface area (Å²) in [6.07, 6.45) is -1.92. The largest absolute Gasteiger partial charge is 0.459 e. The zero-order valence-electron chi connectivity index (χ0n) is 75.4. The highest BCUT2D eigenvalue weighted by atomic mass is 16.6. The zero-order chi connectivity index (χ0) is 89.6. The molecule has 666 valence electrons. The second-order valence-corrected chi connectivity index (χ2v) is 38.3. The third kappa shape index (κ3) is 48.2. The molecule has 1 N–H and O–H groups in total. The Morgan fingerprint density at radius 3 is 0.752 bits per heavy atom. The number of hydrogen-bond donors (Lipinski definition) is 1. The molecule has 0 spiro atoms. The minimum atomic E-state index is -1.49. The molecular formula is C85H142N8O24. The number of ether oxygens (including phenoxy) is 10. The Hall–Kier alpha value is -8.52.